The Balaban J connectivity index is 2.44. The van der Waals surface area contributed by atoms with E-state index in [9.17, 15) is 13.2 Å². The molecule has 0 spiro atoms. The molecule has 0 amide bonds. The topological polar surface area (TPSA) is 26.0 Å². The van der Waals surface area contributed by atoms with E-state index in [1.165, 1.54) is 18.2 Å². The summed E-state index contributed by atoms with van der Waals surface area (Å²) in [6.07, 6.45) is 0.274. The van der Waals surface area contributed by atoms with Gasteiger partial charge in [0.05, 0.1) is 0 Å². The first-order valence-corrected chi connectivity index (χ1v) is 7.96. The highest BCUT2D eigenvalue weighted by molar-refractivity contribution is 5.51. The predicted molar refractivity (Wildman–Crippen MR) is 92.6 cm³/mol. The molecule has 0 aliphatic rings. The summed E-state index contributed by atoms with van der Waals surface area (Å²) in [6.45, 7) is 8.92. The maximum atomic E-state index is 14.4. The number of nitrogen functional groups attached to an aromatic ring is 1. The molecule has 24 heavy (non-hydrogen) atoms. The Labute approximate surface area is 141 Å². The van der Waals surface area contributed by atoms with Gasteiger partial charge < -0.3 is 5.73 Å². The molecule has 4 heteroatoms. The molecule has 0 radical (unpaired) electrons. The highest BCUT2D eigenvalue weighted by atomic mass is 19.1. The highest BCUT2D eigenvalue weighted by Gasteiger charge is 2.29. The number of rotatable bonds is 3. The molecule has 2 aromatic rings. The zero-order valence-corrected chi connectivity index (χ0v) is 14.8. The van der Waals surface area contributed by atoms with Gasteiger partial charge in [-0.05, 0) is 47.1 Å². The van der Waals surface area contributed by atoms with Gasteiger partial charge in [0.15, 0.2) is 0 Å². The van der Waals surface area contributed by atoms with Gasteiger partial charge in [0.1, 0.15) is 17.5 Å². The monoisotopic (exact) mass is 335 g/mol. The second kappa shape index (κ2) is 6.15. The van der Waals surface area contributed by atoms with E-state index in [0.29, 0.717) is 16.8 Å². The number of nitrogens with two attached hydrogens (primary N) is 1. The van der Waals surface area contributed by atoms with Gasteiger partial charge >= 0.3 is 0 Å². The van der Waals surface area contributed by atoms with Crippen molar-refractivity contribution in [1.82, 2.24) is 0 Å². The molecule has 2 rings (SSSR count). The summed E-state index contributed by atoms with van der Waals surface area (Å²) in [5.41, 5.74) is 5.84. The van der Waals surface area contributed by atoms with Crippen LogP contribution in [0.1, 0.15) is 51.3 Å². The summed E-state index contributed by atoms with van der Waals surface area (Å²) in [7, 11) is 0. The Morgan fingerprint density at radius 3 is 1.83 bits per heavy atom. The van der Waals surface area contributed by atoms with Crippen LogP contribution in [0.15, 0.2) is 30.3 Å². The molecule has 0 heterocycles. The van der Waals surface area contributed by atoms with E-state index in [-0.39, 0.29) is 12.0 Å². The normalized spacial score (nSPS) is 12.5. The van der Waals surface area contributed by atoms with Crippen molar-refractivity contribution in [2.75, 3.05) is 5.73 Å². The van der Waals surface area contributed by atoms with Crippen molar-refractivity contribution in [3.8, 4) is 0 Å². The van der Waals surface area contributed by atoms with Crippen LogP contribution in [0.5, 0.6) is 0 Å². The molecular weight excluding hydrogens is 311 g/mol. The van der Waals surface area contributed by atoms with Gasteiger partial charge in [-0.2, -0.15) is 0 Å². The quantitative estimate of drug-likeness (QED) is 0.736. The van der Waals surface area contributed by atoms with Gasteiger partial charge in [-0.25, -0.2) is 13.2 Å². The minimum absolute atomic E-state index is 0.0643. The van der Waals surface area contributed by atoms with Gasteiger partial charge in [0.2, 0.25) is 0 Å². The number of anilines is 1. The standard InChI is InChI=1S/C20H24F3N/c1-19(2,3)17-14(22)9-12(10-15(17)23)11-20(4,5)18-13(21)7-6-8-16(18)24/h6-10H,11,24H2,1-5H3. The van der Waals surface area contributed by atoms with E-state index < -0.39 is 28.3 Å². The second-order valence-corrected chi connectivity index (χ2v) is 7.95. The summed E-state index contributed by atoms with van der Waals surface area (Å²) in [5.74, 6) is -1.56. The fraction of sp³-hybridized carbons (Fsp3) is 0.400. The van der Waals surface area contributed by atoms with E-state index in [4.69, 9.17) is 5.73 Å². The maximum absolute atomic E-state index is 14.4. The second-order valence-electron chi connectivity index (χ2n) is 7.95. The zero-order valence-electron chi connectivity index (χ0n) is 14.8. The van der Waals surface area contributed by atoms with Crippen LogP contribution in [0.2, 0.25) is 0 Å². The SMILES string of the molecule is CC(C)(C)c1c(F)cc(CC(C)(C)c2c(N)cccc2F)cc1F. The Hall–Kier alpha value is -1.97. The lowest BCUT2D eigenvalue weighted by atomic mass is 9.77. The fourth-order valence-corrected chi connectivity index (χ4v) is 3.30. The first-order chi connectivity index (χ1) is 10.9. The third kappa shape index (κ3) is 3.58. The van der Waals surface area contributed by atoms with Crippen LogP contribution in [0.4, 0.5) is 18.9 Å². The lowest BCUT2D eigenvalue weighted by Crippen LogP contribution is -2.24. The summed E-state index contributed by atoms with van der Waals surface area (Å²) >= 11 is 0. The molecule has 130 valence electrons. The summed E-state index contributed by atoms with van der Waals surface area (Å²) in [4.78, 5) is 0. The minimum atomic E-state index is -0.697. The molecule has 0 atom stereocenters. The van der Waals surface area contributed by atoms with Crippen molar-refractivity contribution >= 4 is 5.69 Å². The van der Waals surface area contributed by atoms with Gasteiger partial charge in [-0.1, -0.05) is 40.7 Å². The molecule has 0 saturated heterocycles. The van der Waals surface area contributed by atoms with E-state index in [0.717, 1.165) is 0 Å². The zero-order chi connectivity index (χ0) is 18.3. The van der Waals surface area contributed by atoms with Crippen molar-refractivity contribution < 1.29 is 13.2 Å². The van der Waals surface area contributed by atoms with Gasteiger partial charge in [-0.15, -0.1) is 0 Å². The largest absolute Gasteiger partial charge is 0.398 e. The van der Waals surface area contributed by atoms with E-state index in [1.54, 1.807) is 32.9 Å². The van der Waals surface area contributed by atoms with Crippen molar-refractivity contribution in [1.29, 1.82) is 0 Å². The molecule has 1 nitrogen and oxygen atoms in total. The first-order valence-electron chi connectivity index (χ1n) is 7.96. The van der Waals surface area contributed by atoms with Gasteiger partial charge in [0.25, 0.3) is 0 Å². The van der Waals surface area contributed by atoms with Gasteiger partial charge in [-0.3, -0.25) is 0 Å². The molecule has 0 aliphatic heterocycles. The Morgan fingerprint density at radius 2 is 1.38 bits per heavy atom. The molecule has 0 fully saturated rings. The van der Waals surface area contributed by atoms with Crippen LogP contribution in [0.25, 0.3) is 0 Å². The lowest BCUT2D eigenvalue weighted by molar-refractivity contribution is 0.462. The molecule has 0 bridgehead atoms. The molecular formula is C20H24F3N. The molecule has 2 aromatic carbocycles. The number of hydrogen-bond donors (Lipinski definition) is 1. The molecule has 0 unspecified atom stereocenters. The van der Waals surface area contributed by atoms with Gasteiger partial charge in [0, 0.05) is 16.8 Å². The van der Waals surface area contributed by atoms with E-state index in [1.807, 2.05) is 13.8 Å². The summed E-state index contributed by atoms with van der Waals surface area (Å²) in [6, 6.07) is 7.19. The Morgan fingerprint density at radius 1 is 0.833 bits per heavy atom. The number of hydrogen-bond acceptors (Lipinski definition) is 1. The summed E-state index contributed by atoms with van der Waals surface area (Å²) < 4.78 is 43.0. The molecule has 0 saturated carbocycles. The van der Waals surface area contributed by atoms with Crippen LogP contribution in [-0.4, -0.2) is 0 Å². The predicted octanol–water partition coefficient (Wildman–Crippen LogP) is 5.50. The van der Waals surface area contributed by atoms with Crippen LogP contribution in [0.3, 0.4) is 0 Å². The average molecular weight is 335 g/mol. The lowest BCUT2D eigenvalue weighted by Gasteiger charge is -2.28. The molecule has 0 aliphatic carbocycles. The Kier molecular flexibility index (Phi) is 4.71. The van der Waals surface area contributed by atoms with Crippen LogP contribution < -0.4 is 5.73 Å². The minimum Gasteiger partial charge on any atom is -0.398 e. The smallest absolute Gasteiger partial charge is 0.130 e. The van der Waals surface area contributed by atoms with Crippen LogP contribution >= 0.6 is 0 Å². The van der Waals surface area contributed by atoms with Crippen LogP contribution in [0, 0.1) is 17.5 Å². The van der Waals surface area contributed by atoms with E-state index in [2.05, 4.69) is 0 Å². The third-order valence-electron chi connectivity index (χ3n) is 4.22. The summed E-state index contributed by atoms with van der Waals surface area (Å²) in [5, 5.41) is 0. The average Bonchev–Trinajstić information content (AvgIpc) is 2.34. The first kappa shape index (κ1) is 18.4. The third-order valence-corrected chi connectivity index (χ3v) is 4.22. The van der Waals surface area contributed by atoms with E-state index >= 15 is 0 Å². The van der Waals surface area contributed by atoms with Crippen molar-refractivity contribution in [3.05, 3.63) is 64.5 Å². The maximum Gasteiger partial charge on any atom is 0.130 e. The fourth-order valence-electron chi connectivity index (χ4n) is 3.30. The Bertz CT molecular complexity index is 715. The van der Waals surface area contributed by atoms with Crippen molar-refractivity contribution in [3.63, 3.8) is 0 Å². The van der Waals surface area contributed by atoms with Crippen molar-refractivity contribution in [2.24, 2.45) is 0 Å². The number of benzene rings is 2. The van der Waals surface area contributed by atoms with Crippen LogP contribution in [-0.2, 0) is 17.3 Å². The van der Waals surface area contributed by atoms with Crippen molar-refractivity contribution in [2.45, 2.75) is 51.9 Å². The molecule has 0 aromatic heterocycles. The highest BCUT2D eigenvalue weighted by Crippen LogP contribution is 2.35. The molecule has 2 N–H and O–H groups in total. The number of halogens is 3.